The molecule has 178 valence electrons. The van der Waals surface area contributed by atoms with E-state index >= 15 is 0 Å². The summed E-state index contributed by atoms with van der Waals surface area (Å²) in [6.45, 7) is 4.29. The third kappa shape index (κ3) is 3.37. The lowest BCUT2D eigenvalue weighted by molar-refractivity contribution is -0.141. The molecule has 1 atom stereocenters. The van der Waals surface area contributed by atoms with Crippen molar-refractivity contribution >= 4 is 29.0 Å². The van der Waals surface area contributed by atoms with Gasteiger partial charge in [-0.2, -0.15) is 5.10 Å². The fourth-order valence-corrected chi connectivity index (χ4v) is 4.79. The lowest BCUT2D eigenvalue weighted by Crippen LogP contribution is -2.69. The normalized spacial score (nSPS) is 20.3. The number of fused-ring (bicyclic) bond motifs is 3. The van der Waals surface area contributed by atoms with Crippen LogP contribution >= 0.6 is 0 Å². The fraction of sp³-hybridized carbons (Fsp3) is 0.375. The first-order valence-corrected chi connectivity index (χ1v) is 11.1. The number of likely N-dealkylation sites (N-methyl/N-ethyl adjacent to an activating group) is 1. The largest absolute Gasteiger partial charge is 0.483 e. The third-order valence-electron chi connectivity index (χ3n) is 6.92. The second kappa shape index (κ2) is 7.98. The molecule has 34 heavy (non-hydrogen) atoms. The summed E-state index contributed by atoms with van der Waals surface area (Å²) in [4.78, 5) is 29.7. The van der Waals surface area contributed by atoms with Gasteiger partial charge in [0.05, 0.1) is 11.2 Å². The predicted molar refractivity (Wildman–Crippen MR) is 125 cm³/mol. The van der Waals surface area contributed by atoms with E-state index in [9.17, 15) is 19.1 Å². The van der Waals surface area contributed by atoms with E-state index in [1.54, 1.807) is 36.1 Å². The van der Waals surface area contributed by atoms with Crippen LogP contribution in [-0.4, -0.2) is 72.6 Å². The highest BCUT2D eigenvalue weighted by Gasteiger charge is 2.45. The van der Waals surface area contributed by atoms with Gasteiger partial charge in [-0.3, -0.25) is 9.59 Å². The summed E-state index contributed by atoms with van der Waals surface area (Å²) in [5.41, 5.74) is 4.54. The van der Waals surface area contributed by atoms with Crippen LogP contribution in [0.2, 0.25) is 0 Å². The summed E-state index contributed by atoms with van der Waals surface area (Å²) < 4.78 is 20.9. The average molecular weight is 468 g/mol. The first kappa shape index (κ1) is 22.1. The Balaban J connectivity index is 1.63. The van der Waals surface area contributed by atoms with Crippen LogP contribution in [0.5, 0.6) is 5.75 Å². The van der Waals surface area contributed by atoms with Crippen LogP contribution in [0.1, 0.15) is 13.8 Å². The van der Waals surface area contributed by atoms with Crippen LogP contribution < -0.4 is 20.0 Å². The van der Waals surface area contributed by atoms with E-state index < -0.39 is 18.2 Å². The Kier molecular flexibility index (Phi) is 5.20. The number of amides is 2. The number of aliphatic hydroxyl groups is 1. The van der Waals surface area contributed by atoms with Crippen LogP contribution in [0.3, 0.4) is 0 Å². The summed E-state index contributed by atoms with van der Waals surface area (Å²) in [6, 6.07) is 9.73. The number of hydrazone groups is 1. The monoisotopic (exact) mass is 467 g/mol. The minimum Gasteiger partial charge on any atom is -0.483 e. The van der Waals surface area contributed by atoms with Gasteiger partial charge < -0.3 is 24.5 Å². The Morgan fingerprint density at radius 3 is 2.76 bits per heavy atom. The number of aliphatic hydroxyl groups excluding tert-OH is 1. The average Bonchev–Trinajstić information content (AvgIpc) is 2.82. The van der Waals surface area contributed by atoms with Crippen molar-refractivity contribution in [1.29, 1.82) is 0 Å². The molecule has 0 radical (unpaired) electrons. The van der Waals surface area contributed by atoms with Gasteiger partial charge in [-0.15, -0.1) is 0 Å². The van der Waals surface area contributed by atoms with Gasteiger partial charge in [0.2, 0.25) is 5.91 Å². The molecule has 10 heteroatoms. The minimum atomic E-state index is -0.534. The smallest absolute Gasteiger partial charge is 0.262 e. The second-order valence-corrected chi connectivity index (χ2v) is 9.12. The van der Waals surface area contributed by atoms with Gasteiger partial charge in [-0.1, -0.05) is 18.2 Å². The lowest BCUT2D eigenvalue weighted by Gasteiger charge is -2.54. The van der Waals surface area contributed by atoms with Crippen LogP contribution in [0.25, 0.3) is 11.1 Å². The Bertz CT molecular complexity index is 1210. The highest BCUT2D eigenvalue weighted by Crippen LogP contribution is 2.46. The Labute approximate surface area is 196 Å². The molecule has 0 aliphatic carbocycles. The van der Waals surface area contributed by atoms with Crippen LogP contribution in [0.15, 0.2) is 41.5 Å². The molecule has 1 fully saturated rings. The van der Waals surface area contributed by atoms with Crippen molar-refractivity contribution in [3.63, 3.8) is 0 Å². The molecule has 0 unspecified atom stereocenters. The molecule has 3 aliphatic heterocycles. The minimum absolute atomic E-state index is 0.180. The Hall–Kier alpha value is -3.66. The number of carbonyl (C=O) groups is 2. The number of hydrogen-bond acceptors (Lipinski definition) is 7. The zero-order valence-corrected chi connectivity index (χ0v) is 19.2. The number of carbonyl (C=O) groups excluding carboxylic acids is 2. The van der Waals surface area contributed by atoms with E-state index in [2.05, 4.69) is 10.5 Å². The van der Waals surface area contributed by atoms with E-state index in [0.29, 0.717) is 41.5 Å². The summed E-state index contributed by atoms with van der Waals surface area (Å²) in [6.07, 6.45) is 0. The van der Waals surface area contributed by atoms with E-state index in [1.807, 2.05) is 29.8 Å². The number of nitrogens with zero attached hydrogens (tertiary/aromatic N) is 4. The Morgan fingerprint density at radius 2 is 2.06 bits per heavy atom. The number of likely N-dealkylation sites (tertiary alicyclic amines) is 1. The number of halogens is 1. The molecular formula is C24H26FN5O4. The molecule has 2 aromatic carbocycles. The standard InChI is InChI=1S/C24H26FN5O4/c1-14-23(33)27-26-21-11-34-20-8-16(15-6-4-5-7-17(15)25)18(9-19(20)30(14)21)28(3)24(2)12-29(13-24)22(32)10-31/h4-9,14,31H,10-13H2,1-3H3,(H,27,33)/t14-/m1/s1. The number of rotatable bonds is 4. The van der Waals surface area contributed by atoms with Crippen LogP contribution in [-0.2, 0) is 9.59 Å². The van der Waals surface area contributed by atoms with E-state index in [4.69, 9.17) is 4.74 Å². The van der Waals surface area contributed by atoms with Gasteiger partial charge in [0.15, 0.2) is 5.84 Å². The van der Waals surface area contributed by atoms with Crippen LogP contribution in [0.4, 0.5) is 15.8 Å². The molecule has 5 rings (SSSR count). The van der Waals surface area contributed by atoms with E-state index in [-0.39, 0.29) is 24.2 Å². The molecule has 2 amide bonds. The molecule has 0 saturated carbocycles. The SMILES string of the molecule is C[C@@H]1C(=O)NN=C2COc3cc(-c4ccccc4F)c(N(C)C4(C)CN(C(=O)CO)C4)cc3N21. The van der Waals surface area contributed by atoms with Crippen LogP contribution in [0, 0.1) is 5.82 Å². The number of hydrogen-bond donors (Lipinski definition) is 2. The van der Waals surface area contributed by atoms with Crippen molar-refractivity contribution in [2.75, 3.05) is 43.2 Å². The lowest BCUT2D eigenvalue weighted by atomic mass is 9.88. The second-order valence-electron chi connectivity index (χ2n) is 9.12. The first-order chi connectivity index (χ1) is 16.2. The predicted octanol–water partition coefficient (Wildman–Crippen LogP) is 1.55. The maximum absolute atomic E-state index is 14.9. The topological polar surface area (TPSA) is 97.7 Å². The van der Waals surface area contributed by atoms with Crippen molar-refractivity contribution in [2.24, 2.45) is 5.10 Å². The molecule has 0 spiro atoms. The maximum atomic E-state index is 14.9. The highest BCUT2D eigenvalue weighted by atomic mass is 19.1. The summed E-state index contributed by atoms with van der Waals surface area (Å²) in [5, 5.41) is 13.3. The van der Waals surface area contributed by atoms with Crippen molar-refractivity contribution in [3.8, 4) is 16.9 Å². The van der Waals surface area contributed by atoms with Crippen molar-refractivity contribution in [2.45, 2.75) is 25.4 Å². The number of benzene rings is 2. The Morgan fingerprint density at radius 1 is 1.32 bits per heavy atom. The molecule has 1 saturated heterocycles. The van der Waals surface area contributed by atoms with E-state index in [0.717, 1.165) is 5.69 Å². The van der Waals surface area contributed by atoms with Gasteiger partial charge in [0, 0.05) is 37.0 Å². The molecular weight excluding hydrogens is 441 g/mol. The molecule has 3 aliphatic rings. The zero-order chi connectivity index (χ0) is 24.2. The third-order valence-corrected chi connectivity index (χ3v) is 6.92. The molecule has 2 aromatic rings. The molecule has 3 heterocycles. The zero-order valence-electron chi connectivity index (χ0n) is 19.2. The molecule has 2 N–H and O–H groups in total. The summed E-state index contributed by atoms with van der Waals surface area (Å²) in [7, 11) is 1.90. The van der Waals surface area contributed by atoms with Crippen molar-refractivity contribution in [3.05, 3.63) is 42.2 Å². The maximum Gasteiger partial charge on any atom is 0.262 e. The molecule has 0 bridgehead atoms. The first-order valence-electron chi connectivity index (χ1n) is 11.1. The fourth-order valence-electron chi connectivity index (χ4n) is 4.79. The molecule has 0 aromatic heterocycles. The summed E-state index contributed by atoms with van der Waals surface area (Å²) in [5.74, 6) is 0.201. The van der Waals surface area contributed by atoms with Gasteiger partial charge in [-0.25, -0.2) is 9.82 Å². The number of amidine groups is 1. The number of nitrogens with one attached hydrogen (secondary N) is 1. The number of ether oxygens (including phenoxy) is 1. The van der Waals surface area contributed by atoms with Gasteiger partial charge in [0.25, 0.3) is 5.91 Å². The number of anilines is 2. The highest BCUT2D eigenvalue weighted by molar-refractivity contribution is 6.10. The summed E-state index contributed by atoms with van der Waals surface area (Å²) >= 11 is 0. The van der Waals surface area contributed by atoms with E-state index in [1.165, 1.54) is 6.07 Å². The molecule has 9 nitrogen and oxygen atoms in total. The van der Waals surface area contributed by atoms with Gasteiger partial charge in [-0.05, 0) is 32.0 Å². The quantitative estimate of drug-likeness (QED) is 0.708. The van der Waals surface area contributed by atoms with Gasteiger partial charge >= 0.3 is 0 Å². The van der Waals surface area contributed by atoms with Crippen molar-refractivity contribution < 1.29 is 23.8 Å². The van der Waals surface area contributed by atoms with Gasteiger partial charge in [0.1, 0.15) is 30.8 Å². The van der Waals surface area contributed by atoms with Crippen molar-refractivity contribution in [1.82, 2.24) is 10.3 Å².